The Kier molecular flexibility index (Phi) is 6.89. The first-order valence-corrected chi connectivity index (χ1v) is 10.6. The van der Waals surface area contributed by atoms with Crippen molar-refractivity contribution in [3.05, 3.63) is 77.9 Å². The predicted octanol–water partition coefficient (Wildman–Crippen LogP) is 3.98. The first-order chi connectivity index (χ1) is 15.6. The maximum Gasteiger partial charge on any atom is 0.214 e. The number of anilines is 3. The van der Waals surface area contributed by atoms with Gasteiger partial charge in [-0.1, -0.05) is 18.2 Å². The fraction of sp³-hybridized carbons (Fsp3) is 0.292. The van der Waals surface area contributed by atoms with Crippen LogP contribution in [0.2, 0.25) is 0 Å². The molecule has 0 unspecified atom stereocenters. The standard InChI is InChI=1S/C24H25F2N5O/c25-20-5-1-3-18(13-20)8-11-28-24-22(31(17-32)15-19-4-2-10-27-14-19)6-7-23(29-24)30-12-9-21(26)16-30/h1-7,10,13-14,17,21H,8-9,11-12,15-16H2,(H,28,29)/t21-/m0/s1. The Bertz CT molecular complexity index is 1050. The van der Waals surface area contributed by atoms with Crippen LogP contribution >= 0.6 is 0 Å². The number of benzene rings is 1. The summed E-state index contributed by atoms with van der Waals surface area (Å²) in [4.78, 5) is 24.2. The van der Waals surface area contributed by atoms with Crippen LogP contribution < -0.4 is 15.1 Å². The van der Waals surface area contributed by atoms with Gasteiger partial charge in [0.05, 0.1) is 18.8 Å². The van der Waals surface area contributed by atoms with Gasteiger partial charge in [-0.05, 0) is 54.3 Å². The number of aromatic nitrogens is 2. The van der Waals surface area contributed by atoms with E-state index in [9.17, 15) is 13.6 Å². The third-order valence-corrected chi connectivity index (χ3v) is 5.42. The molecule has 0 saturated carbocycles. The van der Waals surface area contributed by atoms with Crippen molar-refractivity contribution in [3.8, 4) is 0 Å². The van der Waals surface area contributed by atoms with Gasteiger partial charge in [0.25, 0.3) is 0 Å². The quantitative estimate of drug-likeness (QED) is 0.513. The fourth-order valence-corrected chi connectivity index (χ4v) is 3.79. The Labute approximate surface area is 185 Å². The van der Waals surface area contributed by atoms with Crippen LogP contribution in [0.15, 0.2) is 60.9 Å². The zero-order chi connectivity index (χ0) is 22.3. The van der Waals surface area contributed by atoms with E-state index in [0.29, 0.717) is 56.3 Å². The molecule has 1 N–H and O–H groups in total. The van der Waals surface area contributed by atoms with Gasteiger partial charge < -0.3 is 15.1 Å². The van der Waals surface area contributed by atoms with Crippen LogP contribution in [-0.4, -0.2) is 42.2 Å². The molecule has 2 aromatic heterocycles. The summed E-state index contributed by atoms with van der Waals surface area (Å²) >= 11 is 0. The molecule has 1 aliphatic heterocycles. The molecular formula is C24H25F2N5O. The smallest absolute Gasteiger partial charge is 0.214 e. The Balaban J connectivity index is 1.56. The number of alkyl halides is 1. The molecule has 166 valence electrons. The summed E-state index contributed by atoms with van der Waals surface area (Å²) in [7, 11) is 0. The molecule has 6 nitrogen and oxygen atoms in total. The van der Waals surface area contributed by atoms with E-state index in [4.69, 9.17) is 4.98 Å². The van der Waals surface area contributed by atoms with Crippen LogP contribution in [0.3, 0.4) is 0 Å². The molecule has 1 atom stereocenters. The van der Waals surface area contributed by atoms with Crippen molar-refractivity contribution in [2.75, 3.05) is 34.8 Å². The SMILES string of the molecule is O=CN(Cc1cccnc1)c1ccc(N2CC[C@H](F)C2)nc1NCCc1cccc(F)c1. The predicted molar refractivity (Wildman–Crippen MR) is 121 cm³/mol. The molecule has 3 aromatic rings. The van der Waals surface area contributed by atoms with Gasteiger partial charge in [-0.2, -0.15) is 0 Å². The molecule has 4 rings (SSSR count). The molecule has 8 heteroatoms. The summed E-state index contributed by atoms with van der Waals surface area (Å²) in [5.74, 6) is 0.910. The van der Waals surface area contributed by atoms with E-state index in [1.54, 1.807) is 23.4 Å². The minimum absolute atomic E-state index is 0.276. The van der Waals surface area contributed by atoms with Gasteiger partial charge in [0, 0.05) is 25.5 Å². The maximum absolute atomic E-state index is 13.7. The van der Waals surface area contributed by atoms with Crippen molar-refractivity contribution in [1.29, 1.82) is 0 Å². The van der Waals surface area contributed by atoms with E-state index >= 15 is 0 Å². The van der Waals surface area contributed by atoms with Crippen molar-refractivity contribution in [3.63, 3.8) is 0 Å². The summed E-state index contributed by atoms with van der Waals surface area (Å²) in [6, 6.07) is 13.8. The maximum atomic E-state index is 13.7. The zero-order valence-electron chi connectivity index (χ0n) is 17.6. The lowest BCUT2D eigenvalue weighted by Crippen LogP contribution is -2.25. The average molecular weight is 437 g/mol. The number of carbonyl (C=O) groups is 1. The molecule has 0 spiro atoms. The number of hydrogen-bond donors (Lipinski definition) is 1. The molecule has 1 aliphatic rings. The first kappa shape index (κ1) is 21.7. The fourth-order valence-electron chi connectivity index (χ4n) is 3.79. The highest BCUT2D eigenvalue weighted by Crippen LogP contribution is 2.29. The van der Waals surface area contributed by atoms with Crippen LogP contribution in [0, 0.1) is 5.82 Å². The Morgan fingerprint density at radius 1 is 1.19 bits per heavy atom. The van der Waals surface area contributed by atoms with E-state index in [1.807, 2.05) is 35.2 Å². The number of carbonyl (C=O) groups excluding carboxylic acids is 1. The van der Waals surface area contributed by atoms with Gasteiger partial charge in [0.15, 0.2) is 5.82 Å². The summed E-state index contributed by atoms with van der Waals surface area (Å²) in [5.41, 5.74) is 2.36. The second kappa shape index (κ2) is 10.2. The average Bonchev–Trinajstić information content (AvgIpc) is 3.25. The topological polar surface area (TPSA) is 61.4 Å². The molecule has 0 radical (unpaired) electrons. The lowest BCUT2D eigenvalue weighted by Gasteiger charge is -2.24. The largest absolute Gasteiger partial charge is 0.368 e. The molecule has 0 bridgehead atoms. The lowest BCUT2D eigenvalue weighted by atomic mass is 10.1. The second-order valence-corrected chi connectivity index (χ2v) is 7.77. The van der Waals surface area contributed by atoms with Gasteiger partial charge in [-0.25, -0.2) is 13.8 Å². The minimum atomic E-state index is -0.863. The minimum Gasteiger partial charge on any atom is -0.368 e. The molecule has 1 amide bonds. The monoisotopic (exact) mass is 437 g/mol. The van der Waals surface area contributed by atoms with E-state index in [0.717, 1.165) is 17.5 Å². The van der Waals surface area contributed by atoms with Crippen LogP contribution in [0.25, 0.3) is 0 Å². The normalized spacial score (nSPS) is 15.6. The lowest BCUT2D eigenvalue weighted by molar-refractivity contribution is -0.107. The van der Waals surface area contributed by atoms with Crippen LogP contribution in [0.5, 0.6) is 0 Å². The van der Waals surface area contributed by atoms with Crippen molar-refractivity contribution >= 4 is 23.7 Å². The molecular weight excluding hydrogens is 412 g/mol. The van der Waals surface area contributed by atoms with Gasteiger partial charge in [-0.15, -0.1) is 0 Å². The summed E-state index contributed by atoms with van der Waals surface area (Å²) in [6.07, 6.45) is 4.35. The van der Waals surface area contributed by atoms with Crippen molar-refractivity contribution in [2.45, 2.75) is 25.6 Å². The van der Waals surface area contributed by atoms with Gasteiger partial charge in [-0.3, -0.25) is 9.78 Å². The highest BCUT2D eigenvalue weighted by Gasteiger charge is 2.24. The Morgan fingerprint density at radius 2 is 2.06 bits per heavy atom. The Morgan fingerprint density at radius 3 is 2.78 bits per heavy atom. The van der Waals surface area contributed by atoms with Gasteiger partial charge in [0.2, 0.25) is 6.41 Å². The van der Waals surface area contributed by atoms with Crippen LogP contribution in [0.1, 0.15) is 17.5 Å². The number of nitrogens with zero attached hydrogens (tertiary/aromatic N) is 4. The second-order valence-electron chi connectivity index (χ2n) is 7.77. The number of hydrogen-bond acceptors (Lipinski definition) is 5. The Hall–Kier alpha value is -3.55. The zero-order valence-corrected chi connectivity index (χ0v) is 17.6. The highest BCUT2D eigenvalue weighted by atomic mass is 19.1. The van der Waals surface area contributed by atoms with Gasteiger partial charge >= 0.3 is 0 Å². The number of amides is 1. The number of halogens is 2. The highest BCUT2D eigenvalue weighted by molar-refractivity contribution is 5.82. The first-order valence-electron chi connectivity index (χ1n) is 10.6. The molecule has 32 heavy (non-hydrogen) atoms. The number of rotatable bonds is 9. The van der Waals surface area contributed by atoms with E-state index in [-0.39, 0.29) is 5.82 Å². The van der Waals surface area contributed by atoms with Gasteiger partial charge in [0.1, 0.15) is 17.8 Å². The third kappa shape index (κ3) is 5.38. The van der Waals surface area contributed by atoms with Crippen molar-refractivity contribution < 1.29 is 13.6 Å². The van der Waals surface area contributed by atoms with E-state index in [1.165, 1.54) is 12.1 Å². The van der Waals surface area contributed by atoms with Crippen molar-refractivity contribution in [2.24, 2.45) is 0 Å². The molecule has 1 aromatic carbocycles. The summed E-state index contributed by atoms with van der Waals surface area (Å²) < 4.78 is 27.2. The van der Waals surface area contributed by atoms with Crippen LogP contribution in [0.4, 0.5) is 26.1 Å². The number of nitrogens with one attached hydrogen (secondary N) is 1. The van der Waals surface area contributed by atoms with E-state index in [2.05, 4.69) is 10.3 Å². The molecule has 1 saturated heterocycles. The summed E-state index contributed by atoms with van der Waals surface area (Å²) in [6.45, 7) is 1.75. The molecule has 0 aliphatic carbocycles. The molecule has 3 heterocycles. The van der Waals surface area contributed by atoms with E-state index < -0.39 is 6.17 Å². The number of pyridine rings is 2. The van der Waals surface area contributed by atoms with Crippen molar-refractivity contribution in [1.82, 2.24) is 9.97 Å². The molecule has 1 fully saturated rings. The van der Waals surface area contributed by atoms with Crippen LogP contribution in [-0.2, 0) is 17.8 Å². The third-order valence-electron chi connectivity index (χ3n) is 5.42. The summed E-state index contributed by atoms with van der Waals surface area (Å²) in [5, 5.41) is 3.29.